The molecule has 2 aromatic rings. The molecule has 0 aliphatic carbocycles. The smallest absolute Gasteiger partial charge is 0.311 e. The molecule has 0 fully saturated rings. The Morgan fingerprint density at radius 1 is 1.04 bits per heavy atom. The van der Waals surface area contributed by atoms with E-state index in [9.17, 15) is 9.90 Å². The number of aliphatic hydroxyl groups is 1. The van der Waals surface area contributed by atoms with Crippen molar-refractivity contribution in [2.24, 2.45) is 0 Å². The van der Waals surface area contributed by atoms with E-state index >= 15 is 0 Å². The number of benzene rings is 2. The number of rotatable bonds is 7. The van der Waals surface area contributed by atoms with Crippen molar-refractivity contribution in [1.82, 2.24) is 0 Å². The Balaban J connectivity index is 2.10. The standard InChI is InChI=1S/C19H24O3Si/c1-23(2,17-11-7-4-8-12-17)18(13-14-20)15-19(21)22-16-9-5-3-6-10-16/h3-12,18,20H,13-15H2,1-2H3/t18-/m0/s1. The zero-order valence-electron chi connectivity index (χ0n) is 13.7. The predicted octanol–water partition coefficient (Wildman–Crippen LogP) is 3.35. The van der Waals surface area contributed by atoms with Gasteiger partial charge in [-0.3, -0.25) is 4.79 Å². The van der Waals surface area contributed by atoms with Crippen molar-refractivity contribution in [3.8, 4) is 5.75 Å². The first-order chi connectivity index (χ1) is 11.0. The molecule has 0 spiro atoms. The largest absolute Gasteiger partial charge is 0.427 e. The van der Waals surface area contributed by atoms with E-state index in [0.717, 1.165) is 0 Å². The van der Waals surface area contributed by atoms with Crippen LogP contribution < -0.4 is 9.92 Å². The maximum absolute atomic E-state index is 12.3. The highest BCUT2D eigenvalue weighted by Gasteiger charge is 2.35. The lowest BCUT2D eigenvalue weighted by Crippen LogP contribution is -2.47. The molecule has 1 N–H and O–H groups in total. The third-order valence-electron chi connectivity index (χ3n) is 4.40. The van der Waals surface area contributed by atoms with Gasteiger partial charge >= 0.3 is 5.97 Å². The minimum absolute atomic E-state index is 0.0898. The highest BCUT2D eigenvalue weighted by atomic mass is 28.3. The maximum Gasteiger partial charge on any atom is 0.311 e. The van der Waals surface area contributed by atoms with E-state index in [1.807, 2.05) is 36.4 Å². The summed E-state index contributed by atoms with van der Waals surface area (Å²) in [5.74, 6) is 0.339. The van der Waals surface area contributed by atoms with Crippen LogP contribution >= 0.6 is 0 Å². The SMILES string of the molecule is C[Si](C)(c1ccccc1)[C@@H](CCO)CC(=O)Oc1ccccc1. The van der Waals surface area contributed by atoms with Crippen molar-refractivity contribution in [2.45, 2.75) is 31.5 Å². The number of hydrogen-bond acceptors (Lipinski definition) is 3. The number of carbonyl (C=O) groups is 1. The first kappa shape index (κ1) is 17.4. The van der Waals surface area contributed by atoms with E-state index in [1.165, 1.54) is 5.19 Å². The average Bonchev–Trinajstić information content (AvgIpc) is 2.56. The minimum atomic E-state index is -1.87. The van der Waals surface area contributed by atoms with Gasteiger partial charge in [0.15, 0.2) is 0 Å². The molecule has 0 unspecified atom stereocenters. The van der Waals surface area contributed by atoms with Crippen LogP contribution in [0.25, 0.3) is 0 Å². The number of aliphatic hydroxyl groups excluding tert-OH is 1. The van der Waals surface area contributed by atoms with E-state index in [0.29, 0.717) is 18.6 Å². The molecule has 4 heteroatoms. The summed E-state index contributed by atoms with van der Waals surface area (Å²) in [6, 6.07) is 19.4. The molecule has 0 radical (unpaired) electrons. The van der Waals surface area contributed by atoms with Gasteiger partial charge in [0.1, 0.15) is 5.75 Å². The molecule has 2 rings (SSSR count). The summed E-state index contributed by atoms with van der Waals surface area (Å²) in [6.07, 6.45) is 0.960. The van der Waals surface area contributed by atoms with Crippen molar-refractivity contribution in [3.05, 3.63) is 60.7 Å². The highest BCUT2D eigenvalue weighted by molar-refractivity contribution is 6.91. The second kappa shape index (κ2) is 8.08. The molecule has 0 amide bonds. The summed E-state index contributed by atoms with van der Waals surface area (Å²) in [5.41, 5.74) is 0.145. The van der Waals surface area contributed by atoms with Gasteiger partial charge in [-0.1, -0.05) is 66.8 Å². The summed E-state index contributed by atoms with van der Waals surface area (Å²) < 4.78 is 5.42. The van der Waals surface area contributed by atoms with Gasteiger partial charge in [-0.25, -0.2) is 0 Å². The Morgan fingerprint density at radius 3 is 2.17 bits per heavy atom. The van der Waals surface area contributed by atoms with Crippen molar-refractivity contribution < 1.29 is 14.6 Å². The Labute approximate surface area is 138 Å². The van der Waals surface area contributed by atoms with Crippen molar-refractivity contribution in [1.29, 1.82) is 0 Å². The molecule has 0 saturated carbocycles. The third kappa shape index (κ3) is 4.78. The molecule has 1 atom stereocenters. The van der Waals surface area contributed by atoms with Gasteiger partial charge in [-0.2, -0.15) is 0 Å². The van der Waals surface area contributed by atoms with Crippen LogP contribution in [0, 0.1) is 0 Å². The fourth-order valence-electron chi connectivity index (χ4n) is 2.84. The van der Waals surface area contributed by atoms with Crippen molar-refractivity contribution >= 4 is 19.2 Å². The topological polar surface area (TPSA) is 46.5 Å². The molecule has 0 aliphatic rings. The lowest BCUT2D eigenvalue weighted by Gasteiger charge is -2.32. The van der Waals surface area contributed by atoms with Crippen molar-refractivity contribution in [3.63, 3.8) is 0 Å². The van der Waals surface area contributed by atoms with Crippen LogP contribution in [0.3, 0.4) is 0 Å². The fraction of sp³-hybridized carbons (Fsp3) is 0.316. The Morgan fingerprint density at radius 2 is 1.61 bits per heavy atom. The molecule has 23 heavy (non-hydrogen) atoms. The summed E-state index contributed by atoms with van der Waals surface area (Å²) in [6.45, 7) is 4.59. The van der Waals surface area contributed by atoms with Gasteiger partial charge in [0, 0.05) is 13.0 Å². The normalized spacial score (nSPS) is 12.7. The van der Waals surface area contributed by atoms with Crippen LogP contribution in [0.1, 0.15) is 12.8 Å². The van der Waals surface area contributed by atoms with Crippen LogP contribution in [-0.4, -0.2) is 25.8 Å². The molecule has 122 valence electrons. The molecule has 0 aromatic heterocycles. The second-order valence-electron chi connectivity index (χ2n) is 6.29. The number of carbonyl (C=O) groups excluding carboxylic acids is 1. The summed E-state index contributed by atoms with van der Waals surface area (Å²) in [7, 11) is -1.87. The molecule has 0 heterocycles. The van der Waals surface area contributed by atoms with Crippen LogP contribution in [0.4, 0.5) is 0 Å². The van der Waals surface area contributed by atoms with Crippen LogP contribution in [0.2, 0.25) is 18.6 Å². The molecule has 0 aliphatic heterocycles. The zero-order valence-corrected chi connectivity index (χ0v) is 14.7. The second-order valence-corrected chi connectivity index (χ2v) is 11.1. The van der Waals surface area contributed by atoms with Gasteiger partial charge < -0.3 is 9.84 Å². The van der Waals surface area contributed by atoms with E-state index in [1.54, 1.807) is 12.1 Å². The molecular weight excluding hydrogens is 304 g/mol. The van der Waals surface area contributed by atoms with E-state index in [4.69, 9.17) is 4.74 Å². The first-order valence-electron chi connectivity index (χ1n) is 7.96. The summed E-state index contributed by atoms with van der Waals surface area (Å²) in [4.78, 5) is 12.3. The van der Waals surface area contributed by atoms with Gasteiger partial charge in [-0.15, -0.1) is 0 Å². The monoisotopic (exact) mass is 328 g/mol. The molecule has 0 bridgehead atoms. The van der Waals surface area contributed by atoms with E-state index in [-0.39, 0.29) is 18.1 Å². The van der Waals surface area contributed by atoms with Crippen LogP contribution in [0.5, 0.6) is 5.75 Å². The van der Waals surface area contributed by atoms with E-state index in [2.05, 4.69) is 25.2 Å². The molecule has 2 aromatic carbocycles. The summed E-state index contributed by atoms with van der Waals surface area (Å²) >= 11 is 0. The highest BCUT2D eigenvalue weighted by Crippen LogP contribution is 2.29. The molecule has 0 saturated heterocycles. The summed E-state index contributed by atoms with van der Waals surface area (Å²) in [5, 5.41) is 10.7. The van der Waals surface area contributed by atoms with Crippen LogP contribution in [0.15, 0.2) is 60.7 Å². The average molecular weight is 328 g/mol. The lowest BCUT2D eigenvalue weighted by atomic mass is 10.2. The minimum Gasteiger partial charge on any atom is -0.427 e. The maximum atomic E-state index is 12.3. The third-order valence-corrected chi connectivity index (χ3v) is 8.76. The van der Waals surface area contributed by atoms with Gasteiger partial charge in [0.25, 0.3) is 0 Å². The number of hydrogen-bond donors (Lipinski definition) is 1. The predicted molar refractivity (Wildman–Crippen MR) is 95.7 cm³/mol. The van der Waals surface area contributed by atoms with Gasteiger partial charge in [0.2, 0.25) is 0 Å². The number of para-hydroxylation sites is 1. The number of ether oxygens (including phenoxy) is 1. The Kier molecular flexibility index (Phi) is 6.13. The zero-order chi connectivity index (χ0) is 16.7. The van der Waals surface area contributed by atoms with Crippen molar-refractivity contribution in [2.75, 3.05) is 6.61 Å². The number of esters is 1. The molecule has 3 nitrogen and oxygen atoms in total. The van der Waals surface area contributed by atoms with Gasteiger partial charge in [-0.05, 0) is 24.1 Å². The quantitative estimate of drug-likeness (QED) is 0.482. The fourth-order valence-corrected chi connectivity index (χ4v) is 5.89. The molecular formula is C19H24O3Si. The Bertz CT molecular complexity index is 611. The van der Waals surface area contributed by atoms with E-state index < -0.39 is 8.07 Å². The van der Waals surface area contributed by atoms with Crippen LogP contribution in [-0.2, 0) is 4.79 Å². The van der Waals surface area contributed by atoms with Gasteiger partial charge in [0.05, 0.1) is 8.07 Å². The lowest BCUT2D eigenvalue weighted by molar-refractivity contribution is -0.134. The first-order valence-corrected chi connectivity index (χ1v) is 11.0. The Hall–Kier alpha value is -1.91.